The smallest absolute Gasteiger partial charge is 0.331 e. The lowest BCUT2D eigenvalue weighted by Gasteiger charge is -2.21. The molecule has 3 nitrogen and oxygen atoms in total. The lowest BCUT2D eigenvalue weighted by Crippen LogP contribution is -2.24. The molecule has 1 aliphatic rings. The number of rotatable bonds is 3. The van der Waals surface area contributed by atoms with Crippen molar-refractivity contribution in [1.29, 1.82) is 0 Å². The summed E-state index contributed by atoms with van der Waals surface area (Å²) >= 11 is 3.33. The average molecular weight is 282 g/mol. The second-order valence-corrected chi connectivity index (χ2v) is 4.87. The van der Waals surface area contributed by atoms with E-state index in [-0.39, 0.29) is 5.97 Å². The van der Waals surface area contributed by atoms with Crippen LogP contribution in [0.15, 0.2) is 35.1 Å². The Morgan fingerprint density at radius 3 is 3.00 bits per heavy atom. The van der Waals surface area contributed by atoms with Crippen LogP contribution in [0.4, 0.5) is 0 Å². The van der Waals surface area contributed by atoms with Gasteiger partial charge in [-0.3, -0.25) is 0 Å². The molecule has 84 valence electrons. The van der Waals surface area contributed by atoms with Crippen molar-refractivity contribution in [1.82, 2.24) is 4.98 Å². The highest BCUT2D eigenvalue weighted by molar-refractivity contribution is 9.10. The van der Waals surface area contributed by atoms with Gasteiger partial charge < -0.3 is 4.74 Å². The molecule has 0 amide bonds. The Labute approximate surface area is 103 Å². The Kier molecular flexibility index (Phi) is 3.10. The Hall–Kier alpha value is -1.16. The number of pyridine rings is 1. The van der Waals surface area contributed by atoms with Gasteiger partial charge in [0, 0.05) is 12.3 Å². The molecule has 2 rings (SSSR count). The standard InChI is InChI=1S/C12H12BrNO2/c1-12(6-3-11(15)16-12)5-2-9-4-7-14-10(13)8-9/h3-4,6-8H,2,5H2,1H3. The summed E-state index contributed by atoms with van der Waals surface area (Å²) < 4.78 is 6.05. The lowest BCUT2D eigenvalue weighted by atomic mass is 9.98. The summed E-state index contributed by atoms with van der Waals surface area (Å²) in [6, 6.07) is 3.94. The zero-order chi connectivity index (χ0) is 11.6. The van der Waals surface area contributed by atoms with Crippen LogP contribution in [0.25, 0.3) is 0 Å². The topological polar surface area (TPSA) is 39.2 Å². The fraction of sp³-hybridized carbons (Fsp3) is 0.333. The Balaban J connectivity index is 1.98. The van der Waals surface area contributed by atoms with Crippen molar-refractivity contribution >= 4 is 21.9 Å². The molecule has 0 radical (unpaired) electrons. The monoisotopic (exact) mass is 281 g/mol. The summed E-state index contributed by atoms with van der Waals surface area (Å²) in [6.45, 7) is 1.92. The van der Waals surface area contributed by atoms with E-state index in [1.807, 2.05) is 25.1 Å². The molecule has 0 aromatic carbocycles. The molecular weight excluding hydrogens is 270 g/mol. The van der Waals surface area contributed by atoms with Gasteiger partial charge in [0.15, 0.2) is 0 Å². The molecule has 16 heavy (non-hydrogen) atoms. The van der Waals surface area contributed by atoms with Crippen molar-refractivity contribution in [3.05, 3.63) is 40.6 Å². The number of esters is 1. The summed E-state index contributed by atoms with van der Waals surface area (Å²) in [5, 5.41) is 0. The third-order valence-corrected chi connectivity index (χ3v) is 3.04. The van der Waals surface area contributed by atoms with Gasteiger partial charge in [0.05, 0.1) is 0 Å². The average Bonchev–Trinajstić information content (AvgIpc) is 2.57. The maximum Gasteiger partial charge on any atom is 0.331 e. The number of hydrogen-bond donors (Lipinski definition) is 0. The molecule has 0 saturated heterocycles. The number of ether oxygens (including phenoxy) is 1. The highest BCUT2D eigenvalue weighted by atomic mass is 79.9. The highest BCUT2D eigenvalue weighted by Crippen LogP contribution is 2.25. The number of aromatic nitrogens is 1. The maximum atomic E-state index is 11.0. The van der Waals surface area contributed by atoms with E-state index in [9.17, 15) is 4.79 Å². The normalized spacial score (nSPS) is 23.5. The van der Waals surface area contributed by atoms with Crippen LogP contribution in [0, 0.1) is 0 Å². The van der Waals surface area contributed by atoms with Crippen LogP contribution < -0.4 is 0 Å². The fourth-order valence-electron chi connectivity index (χ4n) is 1.67. The number of nitrogens with zero attached hydrogens (tertiary/aromatic N) is 1. The Morgan fingerprint density at radius 1 is 1.56 bits per heavy atom. The van der Waals surface area contributed by atoms with Gasteiger partial charge in [-0.25, -0.2) is 9.78 Å². The molecule has 2 heterocycles. The first kappa shape index (κ1) is 11.3. The van der Waals surface area contributed by atoms with Gasteiger partial charge in [-0.05, 0) is 59.5 Å². The summed E-state index contributed by atoms with van der Waals surface area (Å²) in [6.07, 6.45) is 6.72. The van der Waals surface area contributed by atoms with Crippen LogP contribution in [0.2, 0.25) is 0 Å². The zero-order valence-corrected chi connectivity index (χ0v) is 10.5. The number of carbonyl (C=O) groups is 1. The SMILES string of the molecule is CC1(CCc2ccnc(Br)c2)C=CC(=O)O1. The maximum absolute atomic E-state index is 11.0. The molecule has 0 N–H and O–H groups in total. The van der Waals surface area contributed by atoms with Crippen LogP contribution in [-0.2, 0) is 16.0 Å². The minimum absolute atomic E-state index is 0.251. The highest BCUT2D eigenvalue weighted by Gasteiger charge is 2.29. The van der Waals surface area contributed by atoms with Gasteiger partial charge in [-0.1, -0.05) is 0 Å². The van der Waals surface area contributed by atoms with Crippen molar-refractivity contribution in [2.75, 3.05) is 0 Å². The first-order valence-corrected chi connectivity index (χ1v) is 5.89. The number of aryl methyl sites for hydroxylation is 1. The molecule has 0 aliphatic carbocycles. The molecule has 1 aromatic rings. The van der Waals surface area contributed by atoms with Gasteiger partial charge in [0.1, 0.15) is 10.2 Å². The molecule has 0 saturated carbocycles. The van der Waals surface area contributed by atoms with Crippen LogP contribution in [0.1, 0.15) is 18.9 Å². The van der Waals surface area contributed by atoms with Gasteiger partial charge in [-0.15, -0.1) is 0 Å². The Morgan fingerprint density at radius 2 is 2.38 bits per heavy atom. The summed E-state index contributed by atoms with van der Waals surface area (Å²) in [5.41, 5.74) is 0.728. The van der Waals surface area contributed by atoms with E-state index in [1.54, 1.807) is 6.20 Å². The van der Waals surface area contributed by atoms with Crippen LogP contribution in [-0.4, -0.2) is 16.6 Å². The van der Waals surface area contributed by atoms with Crippen LogP contribution in [0.5, 0.6) is 0 Å². The summed E-state index contributed by atoms with van der Waals surface area (Å²) in [7, 11) is 0. The van der Waals surface area contributed by atoms with E-state index >= 15 is 0 Å². The lowest BCUT2D eigenvalue weighted by molar-refractivity contribution is -0.144. The second-order valence-electron chi connectivity index (χ2n) is 4.05. The number of cyclic esters (lactones) is 1. The van der Waals surface area contributed by atoms with Crippen molar-refractivity contribution in [2.45, 2.75) is 25.4 Å². The van der Waals surface area contributed by atoms with E-state index in [2.05, 4.69) is 20.9 Å². The molecule has 0 fully saturated rings. The molecule has 0 bridgehead atoms. The minimum Gasteiger partial charge on any atom is -0.452 e. The third kappa shape index (κ3) is 2.70. The van der Waals surface area contributed by atoms with Crippen molar-refractivity contribution in [2.24, 2.45) is 0 Å². The zero-order valence-electron chi connectivity index (χ0n) is 8.94. The van der Waals surface area contributed by atoms with Crippen LogP contribution >= 0.6 is 15.9 Å². The fourth-order valence-corrected chi connectivity index (χ4v) is 2.08. The first-order chi connectivity index (χ1) is 7.57. The quantitative estimate of drug-likeness (QED) is 0.632. The predicted octanol–water partition coefficient (Wildman–Crippen LogP) is 2.65. The van der Waals surface area contributed by atoms with Crippen molar-refractivity contribution in [3.63, 3.8) is 0 Å². The van der Waals surface area contributed by atoms with E-state index < -0.39 is 5.60 Å². The number of hydrogen-bond acceptors (Lipinski definition) is 3. The van der Waals surface area contributed by atoms with Gasteiger partial charge >= 0.3 is 5.97 Å². The molecule has 0 spiro atoms. The summed E-state index contributed by atoms with van der Waals surface area (Å²) in [4.78, 5) is 15.1. The Bertz CT molecular complexity index is 444. The molecule has 1 aromatic heterocycles. The van der Waals surface area contributed by atoms with E-state index in [0.29, 0.717) is 0 Å². The largest absolute Gasteiger partial charge is 0.452 e. The van der Waals surface area contributed by atoms with Crippen molar-refractivity contribution < 1.29 is 9.53 Å². The van der Waals surface area contributed by atoms with Gasteiger partial charge in [0.25, 0.3) is 0 Å². The van der Waals surface area contributed by atoms with E-state index in [0.717, 1.165) is 17.4 Å². The van der Waals surface area contributed by atoms with E-state index in [4.69, 9.17) is 4.74 Å². The van der Waals surface area contributed by atoms with Crippen molar-refractivity contribution in [3.8, 4) is 0 Å². The first-order valence-electron chi connectivity index (χ1n) is 5.10. The van der Waals surface area contributed by atoms with Crippen LogP contribution in [0.3, 0.4) is 0 Å². The van der Waals surface area contributed by atoms with E-state index in [1.165, 1.54) is 11.6 Å². The van der Waals surface area contributed by atoms with Gasteiger partial charge in [0.2, 0.25) is 0 Å². The molecule has 1 atom stereocenters. The number of halogens is 1. The predicted molar refractivity (Wildman–Crippen MR) is 63.9 cm³/mol. The minimum atomic E-state index is -0.452. The molecular formula is C12H12BrNO2. The molecule has 1 aliphatic heterocycles. The summed E-state index contributed by atoms with van der Waals surface area (Å²) in [5.74, 6) is -0.251. The molecule has 4 heteroatoms. The molecule has 1 unspecified atom stereocenters. The van der Waals surface area contributed by atoms with Gasteiger partial charge in [-0.2, -0.15) is 0 Å². The number of carbonyl (C=O) groups excluding carboxylic acids is 1. The third-order valence-electron chi connectivity index (χ3n) is 2.61. The second kappa shape index (κ2) is 4.37.